The van der Waals surface area contributed by atoms with Gasteiger partial charge in [-0.1, -0.05) is 39.5 Å². The Morgan fingerprint density at radius 1 is 0.833 bits per heavy atom. The van der Waals surface area contributed by atoms with Gasteiger partial charge in [0.05, 0.1) is 0 Å². The fourth-order valence-electron chi connectivity index (χ4n) is 3.35. The smallest absolute Gasteiger partial charge is 0.344 e. The van der Waals surface area contributed by atoms with E-state index in [0.29, 0.717) is 0 Å². The molecule has 0 saturated carbocycles. The van der Waals surface area contributed by atoms with Crippen LogP contribution in [0.2, 0.25) is 11.1 Å². The molecule has 1 aliphatic rings. The van der Waals surface area contributed by atoms with E-state index >= 15 is 0 Å². The summed E-state index contributed by atoms with van der Waals surface area (Å²) in [4.78, 5) is 0. The highest BCUT2D eigenvalue weighted by molar-refractivity contribution is 6.73. The van der Waals surface area contributed by atoms with E-state index in [2.05, 4.69) is 27.7 Å². The van der Waals surface area contributed by atoms with Crippen LogP contribution in [0, 0.1) is 0 Å². The highest BCUT2D eigenvalue weighted by Gasteiger charge is 2.60. The molecule has 1 saturated heterocycles. The third kappa shape index (κ3) is 3.58. The van der Waals surface area contributed by atoms with Crippen LogP contribution in [0.5, 0.6) is 0 Å². The summed E-state index contributed by atoms with van der Waals surface area (Å²) in [6, 6.07) is 0. The number of hydrogen-bond acceptors (Lipinski definition) is 2. The van der Waals surface area contributed by atoms with Crippen molar-refractivity contribution in [3.8, 4) is 0 Å². The molecular weight excluding hydrogens is 240 g/mol. The molecule has 0 aliphatic carbocycles. The van der Waals surface area contributed by atoms with Gasteiger partial charge in [0.25, 0.3) is 0 Å². The number of rotatable bonds is 10. The van der Waals surface area contributed by atoms with Gasteiger partial charge >= 0.3 is 8.56 Å². The van der Waals surface area contributed by atoms with Crippen LogP contribution < -0.4 is 0 Å². The minimum atomic E-state index is -1.88. The largest absolute Gasteiger partial charge is 0.394 e. The van der Waals surface area contributed by atoms with E-state index in [4.69, 9.17) is 8.85 Å². The van der Waals surface area contributed by atoms with Gasteiger partial charge in [-0.2, -0.15) is 0 Å². The van der Waals surface area contributed by atoms with Crippen molar-refractivity contribution in [3.05, 3.63) is 0 Å². The summed E-state index contributed by atoms with van der Waals surface area (Å²) in [7, 11) is -1.88. The number of unbranched alkanes of at least 4 members (excludes halogenated alkanes) is 2. The van der Waals surface area contributed by atoms with Gasteiger partial charge in [0.2, 0.25) is 0 Å². The lowest BCUT2D eigenvalue weighted by Gasteiger charge is -2.52. The van der Waals surface area contributed by atoms with Crippen molar-refractivity contribution >= 4 is 8.56 Å². The standard InChI is InChI=1S/C15H32O2Si/c1-5-9-11-14-13-15(12-10-6-2)18(14,16-7-3)17-8-4/h14-15H,5-13H2,1-4H3. The molecule has 2 atom stereocenters. The maximum atomic E-state index is 6.24. The maximum absolute atomic E-state index is 6.24. The van der Waals surface area contributed by atoms with Crippen LogP contribution in [0.15, 0.2) is 0 Å². The summed E-state index contributed by atoms with van der Waals surface area (Å²) in [6.45, 7) is 10.5. The molecule has 0 aromatic carbocycles. The van der Waals surface area contributed by atoms with Gasteiger partial charge in [-0.15, -0.1) is 0 Å². The molecule has 1 heterocycles. The Morgan fingerprint density at radius 2 is 1.28 bits per heavy atom. The molecule has 0 radical (unpaired) electrons. The molecule has 0 bridgehead atoms. The Bertz CT molecular complexity index is 199. The first-order chi connectivity index (χ1) is 8.75. The van der Waals surface area contributed by atoms with Crippen molar-refractivity contribution in [2.75, 3.05) is 13.2 Å². The molecule has 0 spiro atoms. The summed E-state index contributed by atoms with van der Waals surface area (Å²) < 4.78 is 12.5. The molecule has 1 aliphatic heterocycles. The highest BCUT2D eigenvalue weighted by Crippen LogP contribution is 2.57. The summed E-state index contributed by atoms with van der Waals surface area (Å²) in [5, 5.41) is 0. The second-order valence-electron chi connectivity index (χ2n) is 5.50. The van der Waals surface area contributed by atoms with E-state index in [-0.39, 0.29) is 0 Å². The maximum Gasteiger partial charge on any atom is 0.344 e. The molecule has 3 heteroatoms. The molecule has 0 aromatic rings. The zero-order chi connectivity index (χ0) is 13.4. The molecule has 18 heavy (non-hydrogen) atoms. The predicted molar refractivity (Wildman–Crippen MR) is 80.2 cm³/mol. The minimum Gasteiger partial charge on any atom is -0.394 e. The lowest BCUT2D eigenvalue weighted by molar-refractivity contribution is 0.126. The molecule has 0 amide bonds. The Labute approximate surface area is 115 Å². The second kappa shape index (κ2) is 8.34. The van der Waals surface area contributed by atoms with E-state index in [1.165, 1.54) is 44.9 Å². The summed E-state index contributed by atoms with van der Waals surface area (Å²) in [5.74, 6) is 0. The predicted octanol–water partition coefficient (Wildman–Crippen LogP) is 5.03. The van der Waals surface area contributed by atoms with E-state index in [1.807, 2.05) is 0 Å². The van der Waals surface area contributed by atoms with Crippen molar-refractivity contribution < 1.29 is 8.85 Å². The summed E-state index contributed by atoms with van der Waals surface area (Å²) >= 11 is 0. The Kier molecular flexibility index (Phi) is 7.50. The van der Waals surface area contributed by atoms with E-state index in [9.17, 15) is 0 Å². The zero-order valence-electron chi connectivity index (χ0n) is 12.8. The van der Waals surface area contributed by atoms with Gasteiger partial charge in [0, 0.05) is 24.3 Å². The molecular formula is C15H32O2Si. The van der Waals surface area contributed by atoms with Crippen molar-refractivity contribution in [2.45, 2.75) is 83.7 Å². The highest BCUT2D eigenvalue weighted by atomic mass is 28.4. The average Bonchev–Trinajstić information content (AvgIpc) is 2.36. The van der Waals surface area contributed by atoms with Gasteiger partial charge in [0.1, 0.15) is 0 Å². The average molecular weight is 273 g/mol. The summed E-state index contributed by atoms with van der Waals surface area (Å²) in [5.41, 5.74) is 1.53. The molecule has 2 nitrogen and oxygen atoms in total. The van der Waals surface area contributed by atoms with Crippen molar-refractivity contribution in [3.63, 3.8) is 0 Å². The van der Waals surface area contributed by atoms with Crippen LogP contribution in [-0.4, -0.2) is 21.8 Å². The lowest BCUT2D eigenvalue weighted by Crippen LogP contribution is -2.59. The van der Waals surface area contributed by atoms with Crippen molar-refractivity contribution in [1.29, 1.82) is 0 Å². The monoisotopic (exact) mass is 272 g/mol. The van der Waals surface area contributed by atoms with Crippen LogP contribution in [0.1, 0.15) is 72.6 Å². The third-order valence-electron chi connectivity index (χ3n) is 4.26. The van der Waals surface area contributed by atoms with E-state index < -0.39 is 8.56 Å². The van der Waals surface area contributed by atoms with E-state index in [0.717, 1.165) is 24.3 Å². The molecule has 1 fully saturated rings. The van der Waals surface area contributed by atoms with E-state index in [1.54, 1.807) is 0 Å². The van der Waals surface area contributed by atoms with Crippen LogP contribution in [-0.2, 0) is 8.85 Å². The molecule has 108 valence electrons. The first-order valence-corrected chi connectivity index (χ1v) is 10.00. The van der Waals surface area contributed by atoms with Gasteiger partial charge in [-0.05, 0) is 33.1 Å². The van der Waals surface area contributed by atoms with Crippen molar-refractivity contribution in [2.24, 2.45) is 0 Å². The molecule has 0 aromatic heterocycles. The zero-order valence-corrected chi connectivity index (χ0v) is 13.8. The molecule has 0 N–H and O–H groups in total. The van der Waals surface area contributed by atoms with Gasteiger partial charge in [-0.25, -0.2) is 0 Å². The molecule has 1 rings (SSSR count). The SMILES string of the molecule is CCCCC1CC(CCCC)[Si]1(OCC)OCC. The van der Waals surface area contributed by atoms with Gasteiger partial charge in [-0.3, -0.25) is 0 Å². The Morgan fingerprint density at radius 3 is 1.61 bits per heavy atom. The fourth-order valence-corrected chi connectivity index (χ4v) is 7.94. The third-order valence-corrected chi connectivity index (χ3v) is 9.06. The van der Waals surface area contributed by atoms with Crippen LogP contribution >= 0.6 is 0 Å². The van der Waals surface area contributed by atoms with Gasteiger partial charge in [0.15, 0.2) is 0 Å². The first kappa shape index (κ1) is 16.2. The first-order valence-electron chi connectivity index (χ1n) is 8.02. The van der Waals surface area contributed by atoms with Crippen LogP contribution in [0.4, 0.5) is 0 Å². The van der Waals surface area contributed by atoms with Crippen molar-refractivity contribution in [1.82, 2.24) is 0 Å². The topological polar surface area (TPSA) is 18.5 Å². The van der Waals surface area contributed by atoms with Gasteiger partial charge < -0.3 is 8.85 Å². The van der Waals surface area contributed by atoms with Crippen LogP contribution in [0.25, 0.3) is 0 Å². The Balaban J connectivity index is 2.63. The second-order valence-corrected chi connectivity index (χ2v) is 9.15. The lowest BCUT2D eigenvalue weighted by atomic mass is 10.0. The molecule has 2 unspecified atom stereocenters. The quantitative estimate of drug-likeness (QED) is 0.519. The Hall–Kier alpha value is 0.137. The summed E-state index contributed by atoms with van der Waals surface area (Å²) in [6.07, 6.45) is 9.26. The normalized spacial score (nSPS) is 26.0. The number of hydrogen-bond donors (Lipinski definition) is 0. The minimum absolute atomic E-state index is 0.763. The fraction of sp³-hybridized carbons (Fsp3) is 1.00. The van der Waals surface area contributed by atoms with Crippen LogP contribution in [0.3, 0.4) is 0 Å².